The molecular weight excluding hydrogens is 622 g/mol. The van der Waals surface area contributed by atoms with E-state index >= 15 is 0 Å². The average molecular weight is 646 g/mol. The van der Waals surface area contributed by atoms with E-state index in [0.29, 0.717) is 62.6 Å². The fourth-order valence-electron chi connectivity index (χ4n) is 3.99. The number of carbonyl (C=O) groups is 1. The zero-order valence-electron chi connectivity index (χ0n) is 21.6. The van der Waals surface area contributed by atoms with Gasteiger partial charge in [0.25, 0.3) is 0 Å². The third-order valence-electron chi connectivity index (χ3n) is 6.13. The van der Waals surface area contributed by atoms with Gasteiger partial charge in [0, 0.05) is 43.1 Å². The van der Waals surface area contributed by atoms with E-state index in [0.717, 1.165) is 16.8 Å². The standard InChI is InChI=1S/C29H24Cl4N6OS/c30-22-8-9-26(25(32)12-22)37-29(41)38(17-21-2-1-3-24(31)28(21)33)11-10-36-27(40)13-23-15-35-18-39(23)16-20-6-4-19(14-34)5-7-20/h1-9,12,15,18H,10-11,13,16-17H2,(H,36,40)(H,37,41). The summed E-state index contributed by atoms with van der Waals surface area (Å²) >= 11 is 30.7. The molecule has 4 aromatic rings. The number of anilines is 1. The Morgan fingerprint density at radius 2 is 1.83 bits per heavy atom. The van der Waals surface area contributed by atoms with Crippen molar-refractivity contribution in [3.05, 3.63) is 116 Å². The Bertz CT molecular complexity index is 1590. The highest BCUT2D eigenvalue weighted by atomic mass is 35.5. The topological polar surface area (TPSA) is 86.0 Å². The molecule has 0 bridgehead atoms. The minimum atomic E-state index is -0.160. The molecule has 0 atom stereocenters. The van der Waals surface area contributed by atoms with Crippen molar-refractivity contribution in [2.24, 2.45) is 0 Å². The van der Waals surface area contributed by atoms with Gasteiger partial charge >= 0.3 is 0 Å². The summed E-state index contributed by atoms with van der Waals surface area (Å²) in [6.45, 7) is 1.59. The van der Waals surface area contributed by atoms with Crippen LogP contribution in [0.3, 0.4) is 0 Å². The molecule has 0 unspecified atom stereocenters. The van der Waals surface area contributed by atoms with Crippen molar-refractivity contribution in [3.63, 3.8) is 0 Å². The predicted molar refractivity (Wildman–Crippen MR) is 169 cm³/mol. The molecule has 0 saturated heterocycles. The predicted octanol–water partition coefficient (Wildman–Crippen LogP) is 6.97. The number of benzene rings is 3. The van der Waals surface area contributed by atoms with Gasteiger partial charge in [0.1, 0.15) is 0 Å². The largest absolute Gasteiger partial charge is 0.354 e. The third-order valence-corrected chi connectivity index (χ3v) is 7.90. The zero-order chi connectivity index (χ0) is 29.4. The van der Waals surface area contributed by atoms with Gasteiger partial charge in [-0.1, -0.05) is 70.7 Å². The van der Waals surface area contributed by atoms with E-state index in [9.17, 15) is 4.79 Å². The highest BCUT2D eigenvalue weighted by molar-refractivity contribution is 7.80. The molecule has 0 spiro atoms. The number of aromatic nitrogens is 2. The lowest BCUT2D eigenvalue weighted by Gasteiger charge is -2.27. The number of halogens is 4. The first-order valence-corrected chi connectivity index (χ1v) is 14.3. The van der Waals surface area contributed by atoms with Gasteiger partial charge in [-0.05, 0) is 59.7 Å². The van der Waals surface area contributed by atoms with Crippen molar-refractivity contribution in [1.82, 2.24) is 19.8 Å². The van der Waals surface area contributed by atoms with Crippen LogP contribution in [0.1, 0.15) is 22.4 Å². The molecule has 0 radical (unpaired) electrons. The minimum Gasteiger partial charge on any atom is -0.354 e. The fraction of sp³-hybridized carbons (Fsp3) is 0.172. The van der Waals surface area contributed by atoms with Crippen molar-refractivity contribution in [3.8, 4) is 6.07 Å². The van der Waals surface area contributed by atoms with Gasteiger partial charge in [0.2, 0.25) is 5.91 Å². The maximum atomic E-state index is 12.9. The van der Waals surface area contributed by atoms with Crippen LogP contribution in [0.5, 0.6) is 0 Å². The minimum absolute atomic E-state index is 0.152. The van der Waals surface area contributed by atoms with Crippen LogP contribution < -0.4 is 10.6 Å². The molecule has 4 rings (SSSR count). The molecule has 0 fully saturated rings. The summed E-state index contributed by atoms with van der Waals surface area (Å²) in [6.07, 6.45) is 3.51. The Hall–Kier alpha value is -3.32. The molecule has 12 heteroatoms. The summed E-state index contributed by atoms with van der Waals surface area (Å²) in [7, 11) is 0. The lowest BCUT2D eigenvalue weighted by atomic mass is 10.1. The molecule has 3 aromatic carbocycles. The molecule has 1 amide bonds. The van der Waals surface area contributed by atoms with Crippen molar-refractivity contribution in [2.45, 2.75) is 19.5 Å². The molecule has 0 aliphatic heterocycles. The SMILES string of the molecule is N#Cc1ccc(Cn2cncc2CC(=O)NCCN(Cc2cccc(Cl)c2Cl)C(=S)Nc2ccc(Cl)cc2Cl)cc1. The van der Waals surface area contributed by atoms with E-state index in [1.54, 1.807) is 48.9 Å². The summed E-state index contributed by atoms with van der Waals surface area (Å²) < 4.78 is 1.91. The monoisotopic (exact) mass is 644 g/mol. The van der Waals surface area contributed by atoms with Crippen LogP contribution in [0.2, 0.25) is 20.1 Å². The van der Waals surface area contributed by atoms with Gasteiger partial charge in [0.15, 0.2) is 5.11 Å². The molecular formula is C29H24Cl4N6OS. The molecule has 0 aliphatic carbocycles. The van der Waals surface area contributed by atoms with Crippen molar-refractivity contribution in [1.29, 1.82) is 5.26 Å². The number of thiocarbonyl (C=S) groups is 1. The second-order valence-corrected chi connectivity index (χ2v) is 11.1. The van der Waals surface area contributed by atoms with E-state index in [1.165, 1.54) is 0 Å². The molecule has 0 aliphatic rings. The van der Waals surface area contributed by atoms with Gasteiger partial charge in [-0.3, -0.25) is 4.79 Å². The van der Waals surface area contributed by atoms with E-state index in [4.69, 9.17) is 63.9 Å². The molecule has 2 N–H and O–H groups in total. The maximum Gasteiger partial charge on any atom is 0.226 e. The Balaban J connectivity index is 1.39. The molecule has 210 valence electrons. The third kappa shape index (κ3) is 8.59. The lowest BCUT2D eigenvalue weighted by molar-refractivity contribution is -0.120. The summed E-state index contributed by atoms with van der Waals surface area (Å²) in [6, 6.07) is 19.9. The van der Waals surface area contributed by atoms with Crippen LogP contribution in [0.4, 0.5) is 5.69 Å². The van der Waals surface area contributed by atoms with Gasteiger partial charge in [-0.2, -0.15) is 5.26 Å². The van der Waals surface area contributed by atoms with E-state index in [-0.39, 0.29) is 12.3 Å². The number of hydrogen-bond acceptors (Lipinski definition) is 4. The second kappa shape index (κ2) is 14.5. The fourth-order valence-corrected chi connectivity index (χ4v) is 5.09. The second-order valence-electron chi connectivity index (χ2n) is 9.04. The number of carbonyl (C=O) groups excluding carboxylic acids is 1. The number of rotatable bonds is 10. The Morgan fingerprint density at radius 1 is 1.05 bits per heavy atom. The Morgan fingerprint density at radius 3 is 2.56 bits per heavy atom. The first kappa shape index (κ1) is 30.6. The van der Waals surface area contributed by atoms with E-state index in [2.05, 4.69) is 21.7 Å². The number of nitriles is 1. The number of nitrogens with zero attached hydrogens (tertiary/aromatic N) is 4. The van der Waals surface area contributed by atoms with Gasteiger partial charge in [0.05, 0.1) is 45.1 Å². The van der Waals surface area contributed by atoms with E-state index in [1.807, 2.05) is 33.7 Å². The first-order valence-electron chi connectivity index (χ1n) is 12.4. The van der Waals surface area contributed by atoms with Crippen molar-refractivity contribution < 1.29 is 4.79 Å². The summed E-state index contributed by atoms with van der Waals surface area (Å²) in [4.78, 5) is 18.9. The van der Waals surface area contributed by atoms with Crippen LogP contribution in [0.25, 0.3) is 0 Å². The highest BCUT2D eigenvalue weighted by Crippen LogP contribution is 2.28. The van der Waals surface area contributed by atoms with Crippen LogP contribution in [0.15, 0.2) is 73.2 Å². The van der Waals surface area contributed by atoms with Crippen molar-refractivity contribution in [2.75, 3.05) is 18.4 Å². The van der Waals surface area contributed by atoms with Gasteiger partial charge in [-0.25, -0.2) is 4.98 Å². The van der Waals surface area contributed by atoms with Gasteiger partial charge in [-0.15, -0.1) is 0 Å². The quantitative estimate of drug-likeness (QED) is 0.181. The van der Waals surface area contributed by atoms with Crippen LogP contribution in [-0.4, -0.2) is 38.6 Å². The van der Waals surface area contributed by atoms with Crippen LogP contribution >= 0.6 is 58.6 Å². The highest BCUT2D eigenvalue weighted by Gasteiger charge is 2.16. The van der Waals surface area contributed by atoms with Gasteiger partial charge < -0.3 is 20.1 Å². The molecule has 1 heterocycles. The van der Waals surface area contributed by atoms with Crippen LogP contribution in [0, 0.1) is 11.3 Å². The number of hydrogen-bond donors (Lipinski definition) is 2. The molecule has 41 heavy (non-hydrogen) atoms. The zero-order valence-corrected chi connectivity index (χ0v) is 25.4. The summed E-state index contributed by atoms with van der Waals surface area (Å²) in [5.41, 5.74) is 3.74. The number of amides is 1. The Labute approximate surface area is 263 Å². The molecule has 1 aromatic heterocycles. The summed E-state index contributed by atoms with van der Waals surface area (Å²) in [5.74, 6) is -0.160. The van der Waals surface area contributed by atoms with E-state index < -0.39 is 0 Å². The maximum absolute atomic E-state index is 12.9. The number of nitrogens with one attached hydrogen (secondary N) is 2. The average Bonchev–Trinajstić information content (AvgIpc) is 3.38. The first-order chi connectivity index (χ1) is 19.7. The number of imidazole rings is 1. The Kier molecular flexibility index (Phi) is 10.9. The molecule has 0 saturated carbocycles. The summed E-state index contributed by atoms with van der Waals surface area (Å²) in [5, 5.41) is 17.3. The smallest absolute Gasteiger partial charge is 0.226 e. The lowest BCUT2D eigenvalue weighted by Crippen LogP contribution is -2.40. The van der Waals surface area contributed by atoms with Crippen molar-refractivity contribution >= 4 is 75.3 Å². The van der Waals surface area contributed by atoms with Crippen LogP contribution in [-0.2, 0) is 24.3 Å². The molecule has 7 nitrogen and oxygen atoms in total. The normalized spacial score (nSPS) is 10.6.